The maximum absolute atomic E-state index is 11.6. The molecule has 28 heavy (non-hydrogen) atoms. The zero-order valence-corrected chi connectivity index (χ0v) is 16.7. The third kappa shape index (κ3) is 4.58. The van der Waals surface area contributed by atoms with Crippen LogP contribution in [0.1, 0.15) is 19.8 Å². The predicted molar refractivity (Wildman–Crippen MR) is 111 cm³/mol. The smallest absolute Gasteiger partial charge is 0.271 e. The second kappa shape index (κ2) is 9.49. The maximum atomic E-state index is 11.6. The lowest BCUT2D eigenvalue weighted by Gasteiger charge is -2.38. The van der Waals surface area contributed by atoms with Gasteiger partial charge in [-0.1, -0.05) is 24.9 Å². The van der Waals surface area contributed by atoms with Crippen LogP contribution in [0.3, 0.4) is 0 Å². The minimum Gasteiger partial charge on any atom is -0.508 e. The zero-order valence-electron chi connectivity index (χ0n) is 15.1. The number of rotatable bonds is 5. The number of nitrogens with one attached hydrogen (secondary N) is 1. The summed E-state index contributed by atoms with van der Waals surface area (Å²) in [6.07, 6.45) is 0.389. The molecule has 9 N–H and O–H groups in total. The lowest BCUT2D eigenvalue weighted by atomic mass is 10.2. The Balaban J connectivity index is 0.00000392. The van der Waals surface area contributed by atoms with Crippen LogP contribution in [0.25, 0.3) is 0 Å². The highest BCUT2D eigenvalue weighted by atomic mass is 35.5. The first kappa shape index (κ1) is 23.3. The van der Waals surface area contributed by atoms with Crippen molar-refractivity contribution in [2.75, 3.05) is 11.4 Å². The number of aromatic hydroxyl groups is 2. The van der Waals surface area contributed by atoms with Crippen LogP contribution < -0.4 is 22.1 Å². The summed E-state index contributed by atoms with van der Waals surface area (Å²) in [4.78, 5) is 17.9. The van der Waals surface area contributed by atoms with Crippen molar-refractivity contribution in [2.24, 2.45) is 22.2 Å². The zero-order chi connectivity index (χ0) is 20.3. The van der Waals surface area contributed by atoms with E-state index in [1.807, 2.05) is 6.92 Å². The summed E-state index contributed by atoms with van der Waals surface area (Å²) in [5.74, 6) is -1.73. The number of benzene rings is 1. The van der Waals surface area contributed by atoms with Gasteiger partial charge in [0.1, 0.15) is 28.7 Å². The van der Waals surface area contributed by atoms with Gasteiger partial charge in [-0.25, -0.2) is 4.99 Å². The molecule has 12 heteroatoms. The van der Waals surface area contributed by atoms with E-state index in [1.54, 1.807) is 0 Å². The second-order valence-electron chi connectivity index (χ2n) is 5.85. The van der Waals surface area contributed by atoms with E-state index in [9.17, 15) is 15.0 Å². The monoisotopic (exact) mass is 431 g/mol. The number of amides is 1. The number of guanidine groups is 1. The van der Waals surface area contributed by atoms with E-state index < -0.39 is 12.1 Å². The quantitative estimate of drug-likeness (QED) is 0.296. The molecule has 1 aromatic carbocycles. The van der Waals surface area contributed by atoms with Gasteiger partial charge < -0.3 is 32.3 Å². The van der Waals surface area contributed by atoms with E-state index in [0.717, 1.165) is 17.4 Å². The van der Waals surface area contributed by atoms with Crippen molar-refractivity contribution in [3.63, 3.8) is 0 Å². The van der Waals surface area contributed by atoms with Gasteiger partial charge in [-0.2, -0.15) is 0 Å². The summed E-state index contributed by atoms with van der Waals surface area (Å²) in [5.41, 5.74) is 17.2. The van der Waals surface area contributed by atoms with Crippen LogP contribution >= 0.6 is 24.0 Å². The van der Waals surface area contributed by atoms with E-state index in [4.69, 9.17) is 34.2 Å². The van der Waals surface area contributed by atoms with E-state index in [-0.39, 0.29) is 52.2 Å². The fourth-order valence-electron chi connectivity index (χ4n) is 2.55. The molecule has 1 heterocycles. The number of carbonyl (C=O) groups excluding carboxylic acids is 1. The molecule has 0 saturated carbocycles. The average Bonchev–Trinajstić information content (AvgIpc) is 2.59. The van der Waals surface area contributed by atoms with E-state index in [0.29, 0.717) is 13.0 Å². The summed E-state index contributed by atoms with van der Waals surface area (Å²) in [5, 5.41) is 28.2. The standard InChI is InChI=1S/C16H22ClN7O3.ClH/c1-2-3-6-23(9-5-4-8(25)7-10(9)26)16(21)24-13(18)11(15(20)27)22-12(17)14(24)19;/h4-5,7,14,21,25-26H,2-3,6,18-19H2,1H3,(H2,20,27);1H. The highest BCUT2D eigenvalue weighted by molar-refractivity contribution is 6.67. The Morgan fingerprint density at radius 2 is 2.07 bits per heavy atom. The number of aliphatic imine (C=N–C) groups is 1. The molecular formula is C16H23Cl2N7O3. The Hall–Kier alpha value is -2.69. The second-order valence-corrected chi connectivity index (χ2v) is 6.24. The molecule has 0 spiro atoms. The topological polar surface area (TPSA) is 178 Å². The van der Waals surface area contributed by atoms with Crippen LogP contribution in [-0.4, -0.2) is 44.9 Å². The van der Waals surface area contributed by atoms with Gasteiger partial charge in [0.25, 0.3) is 5.91 Å². The van der Waals surface area contributed by atoms with Crippen LogP contribution in [0.5, 0.6) is 11.5 Å². The van der Waals surface area contributed by atoms with Crippen LogP contribution in [0.2, 0.25) is 0 Å². The molecule has 0 aromatic heterocycles. The molecule has 1 amide bonds. The summed E-state index contributed by atoms with van der Waals surface area (Å²) in [6, 6.07) is 3.98. The first-order chi connectivity index (χ1) is 12.7. The predicted octanol–water partition coefficient (Wildman–Crippen LogP) is 0.912. The Bertz CT molecular complexity index is 828. The number of unbranched alkanes of at least 4 members (excludes halogenated alkanes) is 1. The van der Waals surface area contributed by atoms with Crippen LogP contribution in [0.15, 0.2) is 34.7 Å². The van der Waals surface area contributed by atoms with Crippen molar-refractivity contribution in [2.45, 2.75) is 25.9 Å². The first-order valence-electron chi connectivity index (χ1n) is 8.15. The minimum absolute atomic E-state index is 0. The van der Waals surface area contributed by atoms with Crippen molar-refractivity contribution in [1.82, 2.24) is 4.90 Å². The van der Waals surface area contributed by atoms with Crippen molar-refractivity contribution in [1.29, 1.82) is 5.41 Å². The molecule has 1 aliphatic rings. The fraction of sp³-hybridized carbons (Fsp3) is 0.312. The molecule has 0 bridgehead atoms. The lowest BCUT2D eigenvalue weighted by molar-refractivity contribution is -0.114. The Morgan fingerprint density at radius 1 is 1.43 bits per heavy atom. The normalized spacial score (nSPS) is 16.3. The lowest BCUT2D eigenvalue weighted by Crippen LogP contribution is -2.58. The molecule has 1 aliphatic heterocycles. The van der Waals surface area contributed by atoms with Crippen LogP contribution in [0, 0.1) is 5.41 Å². The van der Waals surface area contributed by atoms with Gasteiger partial charge in [-0.3, -0.25) is 15.1 Å². The molecule has 0 saturated heterocycles. The highest BCUT2D eigenvalue weighted by Gasteiger charge is 2.35. The highest BCUT2D eigenvalue weighted by Crippen LogP contribution is 2.32. The SMILES string of the molecule is CCCCN(C(=N)N1C(N)=C(C(N)=O)N=C(Cl)C1N)c1ccc(O)cc1O.Cl. The number of nitrogens with zero attached hydrogens (tertiary/aromatic N) is 3. The Labute approximate surface area is 173 Å². The summed E-state index contributed by atoms with van der Waals surface area (Å²) in [7, 11) is 0. The number of hydrogen-bond donors (Lipinski definition) is 6. The van der Waals surface area contributed by atoms with Crippen LogP contribution in [-0.2, 0) is 4.79 Å². The molecule has 1 aromatic rings. The summed E-state index contributed by atoms with van der Waals surface area (Å²) in [6.45, 7) is 2.30. The molecule has 154 valence electrons. The van der Waals surface area contributed by atoms with E-state index >= 15 is 0 Å². The molecule has 0 fully saturated rings. The Morgan fingerprint density at radius 3 is 2.61 bits per heavy atom. The number of phenols is 2. The summed E-state index contributed by atoms with van der Waals surface area (Å²) >= 11 is 6.01. The molecule has 1 unspecified atom stereocenters. The fourth-order valence-corrected chi connectivity index (χ4v) is 2.74. The Kier molecular flexibility index (Phi) is 7.91. The van der Waals surface area contributed by atoms with Crippen molar-refractivity contribution in [3.8, 4) is 11.5 Å². The third-order valence-electron chi connectivity index (χ3n) is 3.95. The molecule has 1 atom stereocenters. The van der Waals surface area contributed by atoms with Gasteiger partial charge in [-0.05, 0) is 18.6 Å². The average molecular weight is 432 g/mol. The molecule has 0 aliphatic carbocycles. The van der Waals surface area contributed by atoms with Crippen molar-refractivity contribution in [3.05, 3.63) is 29.7 Å². The number of nitrogens with two attached hydrogens (primary N) is 3. The van der Waals surface area contributed by atoms with Crippen LogP contribution in [0.4, 0.5) is 5.69 Å². The number of anilines is 1. The third-order valence-corrected chi connectivity index (χ3v) is 4.25. The van der Waals surface area contributed by atoms with Gasteiger partial charge in [-0.15, -0.1) is 12.4 Å². The molecule has 10 nitrogen and oxygen atoms in total. The van der Waals surface area contributed by atoms with E-state index in [2.05, 4.69) is 4.99 Å². The van der Waals surface area contributed by atoms with Gasteiger partial charge in [0.05, 0.1) is 5.69 Å². The first-order valence-corrected chi connectivity index (χ1v) is 8.53. The number of carbonyl (C=O) groups is 1. The molecule has 2 rings (SSSR count). The van der Waals surface area contributed by atoms with Gasteiger partial charge in [0.15, 0.2) is 5.70 Å². The largest absolute Gasteiger partial charge is 0.508 e. The van der Waals surface area contributed by atoms with Crippen molar-refractivity contribution < 1.29 is 15.0 Å². The number of phenolic OH excluding ortho intramolecular Hbond substituents is 2. The maximum Gasteiger partial charge on any atom is 0.271 e. The molecule has 0 radical (unpaired) electrons. The number of primary amides is 1. The van der Waals surface area contributed by atoms with Crippen molar-refractivity contribution >= 4 is 46.7 Å². The molecular weight excluding hydrogens is 409 g/mol. The minimum atomic E-state index is -1.11. The number of halogens is 2. The number of hydrogen-bond acceptors (Lipinski definition) is 7. The summed E-state index contributed by atoms with van der Waals surface area (Å²) < 4.78 is 0. The van der Waals surface area contributed by atoms with Gasteiger partial charge >= 0.3 is 0 Å². The van der Waals surface area contributed by atoms with E-state index in [1.165, 1.54) is 17.0 Å². The van der Waals surface area contributed by atoms with Gasteiger partial charge in [0.2, 0.25) is 5.96 Å². The van der Waals surface area contributed by atoms with Gasteiger partial charge in [0, 0.05) is 12.6 Å².